The summed E-state index contributed by atoms with van der Waals surface area (Å²) in [7, 11) is 3.21. The molecule has 0 atom stereocenters. The van der Waals surface area contributed by atoms with E-state index in [2.05, 4.69) is 69.1 Å². The average Bonchev–Trinajstić information content (AvgIpc) is 3.80. The third-order valence-corrected chi connectivity index (χ3v) is 12.3. The number of halogens is 3. The maximum Gasteiger partial charge on any atom is 0.266 e. The van der Waals surface area contributed by atoms with E-state index < -0.39 is 5.91 Å². The van der Waals surface area contributed by atoms with E-state index in [0.717, 1.165) is 48.0 Å². The van der Waals surface area contributed by atoms with Gasteiger partial charge in [-0.1, -0.05) is 92.5 Å². The Kier molecular flexibility index (Phi) is 19.7. The van der Waals surface area contributed by atoms with Crippen LogP contribution in [0.4, 0.5) is 5.69 Å². The van der Waals surface area contributed by atoms with E-state index in [-0.39, 0.29) is 23.7 Å². The molecule has 350 valence electrons. The molecule has 0 spiro atoms. The van der Waals surface area contributed by atoms with E-state index in [0.29, 0.717) is 56.4 Å². The highest BCUT2D eigenvalue weighted by atomic mass is 79.9. The van der Waals surface area contributed by atoms with Crippen molar-refractivity contribution in [1.29, 1.82) is 10.5 Å². The number of hydrogen-bond acceptors (Lipinski definition) is 10. The average molecular weight is 1120 g/mol. The number of methoxy groups -OCH3 is 2. The maximum atomic E-state index is 12.5. The molecule has 0 bridgehead atoms. The highest BCUT2D eigenvalue weighted by Gasteiger charge is 2.15. The summed E-state index contributed by atoms with van der Waals surface area (Å²) in [5.41, 5.74) is 7.98. The number of benzene rings is 6. The van der Waals surface area contributed by atoms with Crippen LogP contribution in [-0.4, -0.2) is 52.7 Å². The quantitative estimate of drug-likeness (QED) is 0.0491. The smallest absolute Gasteiger partial charge is 0.266 e. The van der Waals surface area contributed by atoms with Crippen LogP contribution in [0.25, 0.3) is 34.8 Å². The molecule has 0 saturated heterocycles. The van der Waals surface area contributed by atoms with Crippen LogP contribution in [0.1, 0.15) is 56.5 Å². The summed E-state index contributed by atoms with van der Waals surface area (Å²) in [5, 5.41) is 40.5. The van der Waals surface area contributed by atoms with Crippen molar-refractivity contribution < 1.29 is 34.0 Å². The highest BCUT2D eigenvalue weighted by Crippen LogP contribution is 2.32. The minimum absolute atomic E-state index is 0.0130. The molecule has 0 fully saturated rings. The third kappa shape index (κ3) is 14.4. The number of aliphatic hydroxyl groups is 1. The minimum atomic E-state index is -0.504. The van der Waals surface area contributed by atoms with Gasteiger partial charge in [0.15, 0.2) is 5.78 Å². The first-order chi connectivity index (χ1) is 33.2. The number of anilines is 1. The fourth-order valence-corrected chi connectivity index (χ4v) is 7.90. The fourth-order valence-electron chi connectivity index (χ4n) is 6.46. The van der Waals surface area contributed by atoms with Crippen molar-refractivity contribution >= 4 is 100 Å². The van der Waals surface area contributed by atoms with Crippen molar-refractivity contribution in [1.82, 2.24) is 9.97 Å². The van der Waals surface area contributed by atoms with Gasteiger partial charge in [0.2, 0.25) is 0 Å². The van der Waals surface area contributed by atoms with Crippen LogP contribution in [0.2, 0.25) is 0 Å². The second kappa shape index (κ2) is 25.7. The van der Waals surface area contributed by atoms with Gasteiger partial charge in [0.05, 0.1) is 54.2 Å². The Bertz CT molecular complexity index is 3120. The first kappa shape index (κ1) is 52.7. The van der Waals surface area contributed by atoms with Gasteiger partial charge in [-0.25, -0.2) is 4.98 Å². The van der Waals surface area contributed by atoms with Gasteiger partial charge < -0.3 is 34.7 Å². The van der Waals surface area contributed by atoms with Crippen LogP contribution in [-0.2, 0) is 11.4 Å². The molecule has 0 aliphatic heterocycles. The zero-order valence-corrected chi connectivity index (χ0v) is 42.9. The molecule has 7 aromatic rings. The number of carbonyl (C=O) groups excluding carboxylic acids is 2. The first-order valence-corrected chi connectivity index (χ1v) is 23.4. The van der Waals surface area contributed by atoms with Crippen molar-refractivity contribution in [3.63, 3.8) is 0 Å². The monoisotopic (exact) mass is 1110 g/mol. The van der Waals surface area contributed by atoms with Crippen LogP contribution < -0.4 is 19.5 Å². The molecule has 0 aliphatic rings. The lowest BCUT2D eigenvalue weighted by Gasteiger charge is -2.11. The maximum absolute atomic E-state index is 12.5. The molecule has 15 heteroatoms. The predicted octanol–water partition coefficient (Wildman–Crippen LogP) is 13.0. The first-order valence-electron chi connectivity index (χ1n) is 21.0. The normalized spacial score (nSPS) is 11.1. The van der Waals surface area contributed by atoms with Crippen LogP contribution in [0.5, 0.6) is 23.0 Å². The van der Waals surface area contributed by atoms with Gasteiger partial charge in [-0.05, 0) is 132 Å². The second-order valence-electron chi connectivity index (χ2n) is 14.7. The molecule has 1 heterocycles. The molecule has 0 aliphatic carbocycles. The van der Waals surface area contributed by atoms with Crippen molar-refractivity contribution in [3.05, 3.63) is 185 Å². The van der Waals surface area contributed by atoms with Crippen molar-refractivity contribution in [2.75, 3.05) is 26.1 Å². The lowest BCUT2D eigenvalue weighted by Crippen LogP contribution is -2.14. The number of amides is 1. The van der Waals surface area contributed by atoms with Crippen molar-refractivity contribution in [3.8, 4) is 35.1 Å². The number of nitrogens with one attached hydrogen (secondary N) is 2. The van der Waals surface area contributed by atoms with Gasteiger partial charge in [-0.15, -0.1) is 0 Å². The zero-order chi connectivity index (χ0) is 50.0. The number of aliphatic hydroxyl groups excluding tert-OH is 1. The second-order valence-corrected chi connectivity index (χ2v) is 17.3. The van der Waals surface area contributed by atoms with E-state index in [1.807, 2.05) is 93.6 Å². The van der Waals surface area contributed by atoms with Gasteiger partial charge >= 0.3 is 0 Å². The summed E-state index contributed by atoms with van der Waals surface area (Å²) in [5.74, 6) is 1.97. The lowest BCUT2D eigenvalue weighted by molar-refractivity contribution is -0.112. The van der Waals surface area contributed by atoms with Crippen LogP contribution in [0.3, 0.4) is 0 Å². The van der Waals surface area contributed by atoms with Gasteiger partial charge in [-0.3, -0.25) is 9.59 Å². The molecular formula is C54H46Br3N5O7. The number of rotatable bonds is 13. The van der Waals surface area contributed by atoms with Gasteiger partial charge in [0.1, 0.15) is 46.5 Å². The molecule has 0 unspecified atom stereocenters. The number of hydrogen-bond donors (Lipinski definition) is 4. The Morgan fingerprint density at radius 1 is 0.754 bits per heavy atom. The third-order valence-electron chi connectivity index (χ3n) is 10.1. The van der Waals surface area contributed by atoms with Crippen molar-refractivity contribution in [2.45, 2.75) is 27.4 Å². The van der Waals surface area contributed by atoms with E-state index in [4.69, 9.17) is 19.3 Å². The summed E-state index contributed by atoms with van der Waals surface area (Å²) < 4.78 is 18.4. The number of carbonyl (C=O) groups is 2. The Labute approximate surface area is 425 Å². The summed E-state index contributed by atoms with van der Waals surface area (Å²) in [4.78, 5) is 32.1. The Balaban J connectivity index is 0.000000195. The number of H-pyrrole nitrogens is 1. The SMILES string of the molecule is CCOc1ccccc1NC(=O)/C(C#N)=C/c1cc(Br)c(C)c(OC)c1.COc1cc(/C=C(\C#N)c2nc3ccccc3[nH]2)cc(Br)c1C.O=C(/C=C/c1cc(Br)c(O)c(CO)c1)c1ccccc1. The Morgan fingerprint density at radius 3 is 1.94 bits per heavy atom. The summed E-state index contributed by atoms with van der Waals surface area (Å²) in [6.07, 6.45) is 6.43. The molecule has 7 rings (SSSR count). The number of nitrogens with zero attached hydrogens (tertiary/aromatic N) is 3. The lowest BCUT2D eigenvalue weighted by atomic mass is 10.1. The topological polar surface area (TPSA) is 191 Å². The molecule has 12 nitrogen and oxygen atoms in total. The number of ether oxygens (including phenoxy) is 3. The molecule has 0 saturated carbocycles. The van der Waals surface area contributed by atoms with E-state index >= 15 is 0 Å². The van der Waals surface area contributed by atoms with E-state index in [9.17, 15) is 25.2 Å². The van der Waals surface area contributed by atoms with Crippen LogP contribution in [0, 0.1) is 36.5 Å². The minimum Gasteiger partial charge on any atom is -0.506 e. The molecule has 69 heavy (non-hydrogen) atoms. The summed E-state index contributed by atoms with van der Waals surface area (Å²) in [6.45, 7) is 5.96. The fraction of sp³-hybridized carbons (Fsp3) is 0.130. The number of imidazole rings is 1. The number of aromatic amines is 1. The van der Waals surface area contributed by atoms with Crippen LogP contribution >= 0.6 is 47.8 Å². The number of aromatic hydroxyl groups is 1. The molecular weight excluding hydrogens is 1070 g/mol. The highest BCUT2D eigenvalue weighted by molar-refractivity contribution is 9.11. The number of fused-ring (bicyclic) bond motifs is 1. The van der Waals surface area contributed by atoms with E-state index in [1.165, 1.54) is 12.2 Å². The standard InChI is InChI=1S/C20H19BrN2O3.C18H14BrN3O.C16H13BrO3/c1-4-26-18-8-6-5-7-17(18)23-20(24)15(12-22)9-14-10-16(21)13(2)19(11-14)25-3;1-11-14(19)8-12(9-17(11)23-2)7-13(10-20)18-21-15-5-3-4-6-16(15)22-18;17-14-9-11(8-13(10-18)16(14)20)6-7-15(19)12-4-2-1-3-5-12/h5-11H,4H2,1-3H3,(H,23,24);3-9H,1-2H3,(H,21,22);1-9,18,20H,10H2/b15-9+;13-7+;7-6+. The Hall–Kier alpha value is -7.27. The van der Waals surface area contributed by atoms with Gasteiger partial charge in [0, 0.05) is 31.2 Å². The molecule has 4 N–H and O–H groups in total. The summed E-state index contributed by atoms with van der Waals surface area (Å²) >= 11 is 10.2. The molecule has 0 radical (unpaired) electrons. The number of ketones is 1. The Morgan fingerprint density at radius 2 is 1.35 bits per heavy atom. The van der Waals surface area contributed by atoms with Crippen LogP contribution in [0.15, 0.2) is 140 Å². The number of allylic oxidation sites excluding steroid dienone is 2. The number of phenols is 1. The molecule has 1 aromatic heterocycles. The largest absolute Gasteiger partial charge is 0.506 e. The molecule has 1 amide bonds. The zero-order valence-electron chi connectivity index (χ0n) is 38.1. The van der Waals surface area contributed by atoms with Gasteiger partial charge in [-0.2, -0.15) is 10.5 Å². The van der Waals surface area contributed by atoms with E-state index in [1.54, 1.807) is 74.9 Å². The number of aromatic nitrogens is 2. The number of nitriles is 2. The summed E-state index contributed by atoms with van der Waals surface area (Å²) in [6, 6.07) is 38.7. The van der Waals surface area contributed by atoms with Crippen molar-refractivity contribution in [2.24, 2.45) is 0 Å². The molecule has 6 aromatic carbocycles. The predicted molar refractivity (Wildman–Crippen MR) is 282 cm³/mol. The number of para-hydroxylation sites is 4. The van der Waals surface area contributed by atoms with Gasteiger partial charge in [0.25, 0.3) is 5.91 Å².